The number of hydrogen-bond acceptors (Lipinski definition) is 4. The lowest BCUT2D eigenvalue weighted by molar-refractivity contribution is 0.274. The van der Waals surface area contributed by atoms with Gasteiger partial charge in [-0.1, -0.05) is 12.1 Å². The molecular formula is C14H24N2O2. The molecule has 1 rings (SSSR count). The summed E-state index contributed by atoms with van der Waals surface area (Å²) >= 11 is 0. The maximum absolute atomic E-state index is 8.81. The minimum Gasteiger partial charge on any atom is -0.497 e. The largest absolute Gasteiger partial charge is 0.497 e. The molecule has 0 saturated heterocycles. The van der Waals surface area contributed by atoms with Gasteiger partial charge < -0.3 is 20.9 Å². The normalized spacial score (nSPS) is 14.2. The quantitative estimate of drug-likeness (QED) is 0.655. The minimum absolute atomic E-state index is 0.143. The van der Waals surface area contributed by atoms with Crippen LogP contribution in [0.25, 0.3) is 0 Å². The molecule has 0 heterocycles. The van der Waals surface area contributed by atoms with Gasteiger partial charge in [0.25, 0.3) is 0 Å². The fourth-order valence-electron chi connectivity index (χ4n) is 1.96. The van der Waals surface area contributed by atoms with Crippen molar-refractivity contribution in [2.24, 2.45) is 5.73 Å². The standard InChI is InChI=1S/C14H24N2O2/c1-11(4-3-9-17)16-14(10-15)12-5-7-13(18-2)8-6-12/h5-8,11,14,16-17H,3-4,9-10,15H2,1-2H3. The van der Waals surface area contributed by atoms with E-state index in [0.717, 1.165) is 24.2 Å². The van der Waals surface area contributed by atoms with Gasteiger partial charge in [-0.05, 0) is 37.5 Å². The molecule has 2 atom stereocenters. The van der Waals surface area contributed by atoms with E-state index < -0.39 is 0 Å². The highest BCUT2D eigenvalue weighted by atomic mass is 16.5. The Morgan fingerprint density at radius 3 is 2.50 bits per heavy atom. The monoisotopic (exact) mass is 252 g/mol. The lowest BCUT2D eigenvalue weighted by Crippen LogP contribution is -2.35. The van der Waals surface area contributed by atoms with Crippen LogP contribution in [0.3, 0.4) is 0 Å². The molecule has 4 N–H and O–H groups in total. The van der Waals surface area contributed by atoms with E-state index in [1.807, 2.05) is 24.3 Å². The first-order valence-electron chi connectivity index (χ1n) is 6.42. The molecule has 0 saturated carbocycles. The van der Waals surface area contributed by atoms with Crippen LogP contribution in [-0.2, 0) is 0 Å². The average Bonchev–Trinajstić information content (AvgIpc) is 2.42. The molecule has 1 aromatic rings. The molecule has 0 aliphatic rings. The summed E-state index contributed by atoms with van der Waals surface area (Å²) in [5, 5.41) is 12.3. The van der Waals surface area contributed by atoms with Crippen LogP contribution in [0.5, 0.6) is 5.75 Å². The van der Waals surface area contributed by atoms with Gasteiger partial charge in [0.2, 0.25) is 0 Å². The molecule has 0 aromatic heterocycles. The van der Waals surface area contributed by atoms with Crippen LogP contribution in [0.2, 0.25) is 0 Å². The summed E-state index contributed by atoms with van der Waals surface area (Å²) < 4.78 is 5.14. The summed E-state index contributed by atoms with van der Waals surface area (Å²) in [5.41, 5.74) is 6.97. The molecule has 0 bridgehead atoms. The van der Waals surface area contributed by atoms with Crippen molar-refractivity contribution in [3.63, 3.8) is 0 Å². The number of hydrogen-bond donors (Lipinski definition) is 3. The Morgan fingerprint density at radius 2 is 2.00 bits per heavy atom. The van der Waals surface area contributed by atoms with Crippen molar-refractivity contribution < 1.29 is 9.84 Å². The number of benzene rings is 1. The second-order valence-corrected chi connectivity index (χ2v) is 4.49. The lowest BCUT2D eigenvalue weighted by Gasteiger charge is -2.22. The third-order valence-corrected chi connectivity index (χ3v) is 3.03. The third kappa shape index (κ3) is 4.64. The molecule has 4 heteroatoms. The molecule has 4 nitrogen and oxygen atoms in total. The number of aliphatic hydroxyl groups excluding tert-OH is 1. The highest BCUT2D eigenvalue weighted by Crippen LogP contribution is 2.18. The first kappa shape index (κ1) is 15.0. The highest BCUT2D eigenvalue weighted by Gasteiger charge is 2.12. The molecule has 0 fully saturated rings. The summed E-state index contributed by atoms with van der Waals surface area (Å²) in [6.45, 7) is 2.90. The van der Waals surface area contributed by atoms with E-state index in [1.165, 1.54) is 0 Å². The lowest BCUT2D eigenvalue weighted by atomic mass is 10.0. The van der Waals surface area contributed by atoms with Gasteiger partial charge in [-0.15, -0.1) is 0 Å². The van der Waals surface area contributed by atoms with Crippen LogP contribution in [0, 0.1) is 0 Å². The van der Waals surface area contributed by atoms with E-state index in [2.05, 4.69) is 12.2 Å². The van der Waals surface area contributed by atoms with Crippen molar-refractivity contribution in [1.29, 1.82) is 0 Å². The fraction of sp³-hybridized carbons (Fsp3) is 0.571. The Kier molecular flexibility index (Phi) is 6.72. The van der Waals surface area contributed by atoms with Gasteiger partial charge in [0, 0.05) is 25.2 Å². The van der Waals surface area contributed by atoms with E-state index in [9.17, 15) is 0 Å². The number of methoxy groups -OCH3 is 1. The number of nitrogens with one attached hydrogen (secondary N) is 1. The Bertz CT molecular complexity index is 327. The fourth-order valence-corrected chi connectivity index (χ4v) is 1.96. The molecule has 0 spiro atoms. The maximum atomic E-state index is 8.81. The molecule has 102 valence electrons. The van der Waals surface area contributed by atoms with Crippen molar-refractivity contribution in [3.8, 4) is 5.75 Å². The summed E-state index contributed by atoms with van der Waals surface area (Å²) in [4.78, 5) is 0. The van der Waals surface area contributed by atoms with Crippen LogP contribution >= 0.6 is 0 Å². The summed E-state index contributed by atoms with van der Waals surface area (Å²) in [6, 6.07) is 8.43. The average molecular weight is 252 g/mol. The van der Waals surface area contributed by atoms with Crippen molar-refractivity contribution >= 4 is 0 Å². The van der Waals surface area contributed by atoms with Crippen molar-refractivity contribution in [3.05, 3.63) is 29.8 Å². The van der Waals surface area contributed by atoms with Gasteiger partial charge in [0.15, 0.2) is 0 Å². The molecule has 2 unspecified atom stereocenters. The number of rotatable bonds is 8. The van der Waals surface area contributed by atoms with E-state index in [0.29, 0.717) is 12.6 Å². The van der Waals surface area contributed by atoms with Crippen molar-refractivity contribution in [2.45, 2.75) is 31.8 Å². The topological polar surface area (TPSA) is 67.5 Å². The number of ether oxygens (including phenoxy) is 1. The highest BCUT2D eigenvalue weighted by molar-refractivity contribution is 5.29. The SMILES string of the molecule is COc1ccc(C(CN)NC(C)CCCO)cc1. The van der Waals surface area contributed by atoms with E-state index in [-0.39, 0.29) is 12.6 Å². The third-order valence-electron chi connectivity index (χ3n) is 3.03. The summed E-state index contributed by atoms with van der Waals surface area (Å²) in [6.07, 6.45) is 1.76. The van der Waals surface area contributed by atoms with Gasteiger partial charge >= 0.3 is 0 Å². The van der Waals surface area contributed by atoms with Gasteiger partial charge in [0.05, 0.1) is 7.11 Å². The second kappa shape index (κ2) is 8.08. The van der Waals surface area contributed by atoms with Gasteiger partial charge in [-0.3, -0.25) is 0 Å². The van der Waals surface area contributed by atoms with Gasteiger partial charge in [-0.25, -0.2) is 0 Å². The first-order valence-corrected chi connectivity index (χ1v) is 6.42. The zero-order chi connectivity index (χ0) is 13.4. The van der Waals surface area contributed by atoms with E-state index in [4.69, 9.17) is 15.6 Å². The van der Waals surface area contributed by atoms with Crippen molar-refractivity contribution in [1.82, 2.24) is 5.32 Å². The zero-order valence-electron chi connectivity index (χ0n) is 11.2. The van der Waals surface area contributed by atoms with E-state index >= 15 is 0 Å². The maximum Gasteiger partial charge on any atom is 0.118 e. The zero-order valence-corrected chi connectivity index (χ0v) is 11.2. The van der Waals surface area contributed by atoms with Gasteiger partial charge in [-0.2, -0.15) is 0 Å². The minimum atomic E-state index is 0.143. The molecular weight excluding hydrogens is 228 g/mol. The number of nitrogens with two attached hydrogens (primary N) is 1. The molecule has 0 aliphatic carbocycles. The van der Waals surface area contributed by atoms with Crippen LogP contribution in [0.1, 0.15) is 31.4 Å². The Labute approximate surface area is 109 Å². The Balaban J connectivity index is 2.58. The predicted molar refractivity (Wildman–Crippen MR) is 73.7 cm³/mol. The van der Waals surface area contributed by atoms with Crippen LogP contribution in [0.15, 0.2) is 24.3 Å². The Hall–Kier alpha value is -1.10. The molecule has 1 aromatic carbocycles. The summed E-state index contributed by atoms with van der Waals surface area (Å²) in [5.74, 6) is 0.850. The Morgan fingerprint density at radius 1 is 1.33 bits per heavy atom. The molecule has 18 heavy (non-hydrogen) atoms. The molecule has 0 aliphatic heterocycles. The second-order valence-electron chi connectivity index (χ2n) is 4.49. The van der Waals surface area contributed by atoms with Gasteiger partial charge in [0.1, 0.15) is 5.75 Å². The van der Waals surface area contributed by atoms with E-state index in [1.54, 1.807) is 7.11 Å². The number of aliphatic hydroxyl groups is 1. The molecule has 0 radical (unpaired) electrons. The first-order chi connectivity index (χ1) is 8.71. The predicted octanol–water partition coefficient (Wildman–Crippen LogP) is 1.45. The van der Waals surface area contributed by atoms with Crippen molar-refractivity contribution in [2.75, 3.05) is 20.3 Å². The van der Waals surface area contributed by atoms with Crippen LogP contribution < -0.4 is 15.8 Å². The van der Waals surface area contributed by atoms with Crippen LogP contribution in [-0.4, -0.2) is 31.4 Å². The van der Waals surface area contributed by atoms with Crippen LogP contribution in [0.4, 0.5) is 0 Å². The smallest absolute Gasteiger partial charge is 0.118 e. The molecule has 0 amide bonds. The summed E-state index contributed by atoms with van der Waals surface area (Å²) in [7, 11) is 1.66.